The average molecular weight is 208 g/mol. The second-order valence-corrected chi connectivity index (χ2v) is 6.65. The highest BCUT2D eigenvalue weighted by atomic mass is 16.1. The molecule has 1 heteroatoms. The maximum Gasteiger partial charge on any atom is 0.120 e. The third-order valence-corrected chi connectivity index (χ3v) is 5.87. The summed E-state index contributed by atoms with van der Waals surface area (Å²) in [5.41, 5.74) is 0.948. The SMILES string of the molecule is CC(CC=O)C1(C)CCC2CC1C2(C)C. The van der Waals surface area contributed by atoms with E-state index in [4.69, 9.17) is 0 Å². The lowest BCUT2D eigenvalue weighted by molar-refractivity contribution is -0.170. The summed E-state index contributed by atoms with van der Waals surface area (Å²) in [6, 6.07) is 0. The number of carbonyl (C=O) groups excluding carboxylic acids is 1. The van der Waals surface area contributed by atoms with Gasteiger partial charge in [0.15, 0.2) is 0 Å². The summed E-state index contributed by atoms with van der Waals surface area (Å²) in [7, 11) is 0. The van der Waals surface area contributed by atoms with Gasteiger partial charge in [-0.15, -0.1) is 0 Å². The van der Waals surface area contributed by atoms with Crippen LogP contribution >= 0.6 is 0 Å². The van der Waals surface area contributed by atoms with Gasteiger partial charge in [0.25, 0.3) is 0 Å². The molecular formula is C14H24O. The van der Waals surface area contributed by atoms with Gasteiger partial charge in [0.2, 0.25) is 0 Å². The minimum absolute atomic E-state index is 0.416. The lowest BCUT2D eigenvalue weighted by Crippen LogP contribution is -2.58. The van der Waals surface area contributed by atoms with E-state index in [0.717, 1.165) is 24.5 Å². The van der Waals surface area contributed by atoms with E-state index in [-0.39, 0.29) is 0 Å². The molecule has 15 heavy (non-hydrogen) atoms. The summed E-state index contributed by atoms with van der Waals surface area (Å²) in [6.07, 6.45) is 5.97. The molecule has 1 nitrogen and oxygen atoms in total. The van der Waals surface area contributed by atoms with Gasteiger partial charge in [0.1, 0.15) is 6.29 Å². The Hall–Kier alpha value is -0.330. The van der Waals surface area contributed by atoms with Crippen LogP contribution in [0.2, 0.25) is 0 Å². The van der Waals surface area contributed by atoms with E-state index in [2.05, 4.69) is 27.7 Å². The summed E-state index contributed by atoms with van der Waals surface area (Å²) in [6.45, 7) is 9.54. The summed E-state index contributed by atoms with van der Waals surface area (Å²) in [4.78, 5) is 10.7. The van der Waals surface area contributed by atoms with Crippen molar-refractivity contribution in [3.8, 4) is 0 Å². The Labute approximate surface area is 93.6 Å². The van der Waals surface area contributed by atoms with Crippen molar-refractivity contribution in [1.82, 2.24) is 0 Å². The molecule has 4 atom stereocenters. The fourth-order valence-electron chi connectivity index (χ4n) is 4.29. The van der Waals surface area contributed by atoms with Crippen LogP contribution < -0.4 is 0 Å². The molecule has 0 radical (unpaired) electrons. The summed E-state index contributed by atoms with van der Waals surface area (Å²) in [5, 5.41) is 0. The Morgan fingerprint density at radius 2 is 2.07 bits per heavy atom. The third-order valence-electron chi connectivity index (χ3n) is 5.87. The highest BCUT2D eigenvalue weighted by molar-refractivity contribution is 5.50. The number of hydrogen-bond donors (Lipinski definition) is 0. The van der Waals surface area contributed by atoms with Crippen LogP contribution in [-0.4, -0.2) is 6.29 Å². The van der Waals surface area contributed by atoms with Crippen molar-refractivity contribution in [3.05, 3.63) is 0 Å². The van der Waals surface area contributed by atoms with Gasteiger partial charge in [-0.2, -0.15) is 0 Å². The number of aldehydes is 1. The molecule has 3 fully saturated rings. The molecule has 3 aliphatic carbocycles. The van der Waals surface area contributed by atoms with E-state index < -0.39 is 0 Å². The normalized spacial score (nSPS) is 44.3. The van der Waals surface area contributed by atoms with E-state index in [9.17, 15) is 4.79 Å². The maximum absolute atomic E-state index is 10.7. The van der Waals surface area contributed by atoms with Crippen LogP contribution in [0.25, 0.3) is 0 Å². The Kier molecular flexibility index (Phi) is 2.48. The first-order valence-corrected chi connectivity index (χ1v) is 6.36. The Morgan fingerprint density at radius 1 is 1.40 bits per heavy atom. The molecule has 0 aliphatic heterocycles. The van der Waals surface area contributed by atoms with Gasteiger partial charge in [0, 0.05) is 6.42 Å². The Bertz CT molecular complexity index is 267. The van der Waals surface area contributed by atoms with E-state index in [1.165, 1.54) is 19.3 Å². The first kappa shape index (κ1) is 11.2. The zero-order valence-electron chi connectivity index (χ0n) is 10.5. The van der Waals surface area contributed by atoms with Gasteiger partial charge in [-0.1, -0.05) is 27.7 Å². The van der Waals surface area contributed by atoms with Crippen molar-refractivity contribution in [2.45, 2.75) is 53.4 Å². The number of rotatable bonds is 3. The quantitative estimate of drug-likeness (QED) is 0.647. The first-order valence-electron chi connectivity index (χ1n) is 6.36. The van der Waals surface area contributed by atoms with Crippen LogP contribution in [0.5, 0.6) is 0 Å². The highest BCUT2D eigenvalue weighted by Crippen LogP contribution is 2.68. The molecule has 0 heterocycles. The zero-order valence-corrected chi connectivity index (χ0v) is 10.5. The molecule has 0 amide bonds. The average Bonchev–Trinajstić information content (AvgIpc) is 2.17. The van der Waals surface area contributed by atoms with Crippen molar-refractivity contribution >= 4 is 6.29 Å². The largest absolute Gasteiger partial charge is 0.303 e. The van der Waals surface area contributed by atoms with Crippen molar-refractivity contribution in [2.24, 2.45) is 28.6 Å². The van der Waals surface area contributed by atoms with Gasteiger partial charge in [-0.25, -0.2) is 0 Å². The van der Waals surface area contributed by atoms with E-state index in [1.54, 1.807) is 0 Å². The predicted molar refractivity (Wildman–Crippen MR) is 62.6 cm³/mol. The molecule has 0 aromatic heterocycles. The lowest BCUT2D eigenvalue weighted by atomic mass is 9.39. The lowest BCUT2D eigenvalue weighted by Gasteiger charge is -2.66. The van der Waals surface area contributed by atoms with Crippen LogP contribution in [0.1, 0.15) is 53.4 Å². The topological polar surface area (TPSA) is 17.1 Å². The molecule has 0 aromatic carbocycles. The van der Waals surface area contributed by atoms with Crippen LogP contribution in [0.3, 0.4) is 0 Å². The Balaban J connectivity index is 2.18. The summed E-state index contributed by atoms with van der Waals surface area (Å²) < 4.78 is 0. The molecule has 0 saturated heterocycles. The Morgan fingerprint density at radius 3 is 2.53 bits per heavy atom. The third kappa shape index (κ3) is 1.38. The van der Waals surface area contributed by atoms with Crippen molar-refractivity contribution in [1.29, 1.82) is 0 Å². The molecule has 0 spiro atoms. The van der Waals surface area contributed by atoms with Crippen LogP contribution in [0.4, 0.5) is 0 Å². The molecular weight excluding hydrogens is 184 g/mol. The minimum Gasteiger partial charge on any atom is -0.303 e. The summed E-state index contributed by atoms with van der Waals surface area (Å²) >= 11 is 0. The van der Waals surface area contributed by atoms with Gasteiger partial charge in [-0.3, -0.25) is 0 Å². The molecule has 86 valence electrons. The monoisotopic (exact) mass is 208 g/mol. The molecule has 4 unspecified atom stereocenters. The minimum atomic E-state index is 0.416. The number of carbonyl (C=O) groups is 1. The van der Waals surface area contributed by atoms with Gasteiger partial charge >= 0.3 is 0 Å². The second kappa shape index (κ2) is 3.33. The van der Waals surface area contributed by atoms with E-state index in [0.29, 0.717) is 16.7 Å². The fourth-order valence-corrected chi connectivity index (χ4v) is 4.29. The molecule has 0 N–H and O–H groups in total. The fraction of sp³-hybridized carbons (Fsp3) is 0.929. The summed E-state index contributed by atoms with van der Waals surface area (Å²) in [5.74, 6) is 2.36. The van der Waals surface area contributed by atoms with Crippen molar-refractivity contribution in [2.75, 3.05) is 0 Å². The van der Waals surface area contributed by atoms with Crippen LogP contribution in [-0.2, 0) is 4.79 Å². The molecule has 3 aliphatic rings. The first-order chi connectivity index (χ1) is 6.93. The van der Waals surface area contributed by atoms with Crippen LogP contribution in [0, 0.1) is 28.6 Å². The number of fused-ring (bicyclic) bond motifs is 2. The van der Waals surface area contributed by atoms with Crippen molar-refractivity contribution < 1.29 is 4.79 Å². The smallest absolute Gasteiger partial charge is 0.120 e. The highest BCUT2D eigenvalue weighted by Gasteiger charge is 2.60. The molecule has 3 saturated carbocycles. The van der Waals surface area contributed by atoms with E-state index >= 15 is 0 Å². The second-order valence-electron chi connectivity index (χ2n) is 6.65. The van der Waals surface area contributed by atoms with E-state index in [1.807, 2.05) is 0 Å². The van der Waals surface area contributed by atoms with Gasteiger partial charge in [-0.05, 0) is 47.8 Å². The number of hydrogen-bond acceptors (Lipinski definition) is 1. The van der Waals surface area contributed by atoms with Crippen LogP contribution in [0.15, 0.2) is 0 Å². The molecule has 3 rings (SSSR count). The molecule has 0 aromatic rings. The zero-order chi connectivity index (χ0) is 11.3. The van der Waals surface area contributed by atoms with Gasteiger partial charge < -0.3 is 4.79 Å². The van der Waals surface area contributed by atoms with Crippen molar-refractivity contribution in [3.63, 3.8) is 0 Å². The predicted octanol–water partition coefficient (Wildman–Crippen LogP) is 3.67. The molecule has 2 bridgehead atoms. The maximum atomic E-state index is 10.7. The standard InChI is InChI=1S/C14H24O/c1-10(6-8-15)14(4)7-5-11-9-12(14)13(11,2)3/h8,10-12H,5-7,9H2,1-4H3. The van der Waals surface area contributed by atoms with Gasteiger partial charge in [0.05, 0.1) is 0 Å².